The summed E-state index contributed by atoms with van der Waals surface area (Å²) in [6.07, 6.45) is 4.42. The summed E-state index contributed by atoms with van der Waals surface area (Å²) in [6.45, 7) is 4.23. The first-order chi connectivity index (χ1) is 26.2. The maximum absolute atomic E-state index is 13.9. The van der Waals surface area contributed by atoms with Gasteiger partial charge in [-0.3, -0.25) is 9.59 Å². The third-order valence-corrected chi connectivity index (χ3v) is 10.3. The largest absolute Gasteiger partial charge is 0.497 e. The van der Waals surface area contributed by atoms with E-state index in [0.29, 0.717) is 45.3 Å². The summed E-state index contributed by atoms with van der Waals surface area (Å²) < 4.78 is 18.9. The smallest absolute Gasteiger partial charge is 0.326 e. The number of halogens is 1. The predicted octanol–water partition coefficient (Wildman–Crippen LogP) is 6.37. The Labute approximate surface area is 320 Å². The van der Waals surface area contributed by atoms with E-state index in [4.69, 9.17) is 31.5 Å². The van der Waals surface area contributed by atoms with Crippen LogP contribution >= 0.6 is 11.6 Å². The number of allylic oxidation sites excluding steroid dienone is 2. The highest BCUT2D eigenvalue weighted by Crippen LogP contribution is 2.47. The van der Waals surface area contributed by atoms with Crippen LogP contribution < -0.4 is 20.5 Å². The van der Waals surface area contributed by atoms with Gasteiger partial charge in [0, 0.05) is 45.7 Å². The minimum absolute atomic E-state index is 0.0150. The molecule has 280 valence electrons. The molecular formula is C42H45ClN6O5. The average molecular weight is 749 g/mol. The second-order valence-electron chi connectivity index (χ2n) is 13.2. The molecule has 0 saturated carbocycles. The number of carbonyl (C=O) groups is 2. The standard InChI is InChI=1S/C42H45ClN6O5/c1-5-27-22-34(27)33(6-2)28-16-19-31(20-17-28)42(30-12-8-7-9-13-30,35-14-10-11-15-36(35)43)54-40(50)25-45-41(51)37(44)24-39-46-47-48-49(39)26-29-18-21-32(52-3)23-38(29)53-4/h7-23,33-34,37H,5-6,24-26,44H2,1-4H3,(H,45,51)/t33?,34?,37-,42?/m0/s1. The van der Waals surface area contributed by atoms with Crippen molar-refractivity contribution in [2.24, 2.45) is 11.7 Å². The number of carbonyl (C=O) groups excluding carboxylic acids is 2. The topological polar surface area (TPSA) is 143 Å². The maximum Gasteiger partial charge on any atom is 0.326 e. The summed E-state index contributed by atoms with van der Waals surface area (Å²) in [5, 5.41) is 15.0. The highest BCUT2D eigenvalue weighted by atomic mass is 35.5. The van der Waals surface area contributed by atoms with Crippen molar-refractivity contribution in [3.63, 3.8) is 0 Å². The number of nitrogens with two attached hydrogens (primary N) is 1. The number of benzene rings is 4. The van der Waals surface area contributed by atoms with Crippen LogP contribution in [-0.4, -0.2) is 58.9 Å². The lowest BCUT2D eigenvalue weighted by atomic mass is 9.78. The molecule has 1 amide bonds. The van der Waals surface area contributed by atoms with Crippen molar-refractivity contribution < 1.29 is 23.8 Å². The number of methoxy groups -OCH3 is 2. The number of nitrogens with one attached hydrogen (secondary N) is 1. The van der Waals surface area contributed by atoms with E-state index in [-0.39, 0.29) is 13.0 Å². The van der Waals surface area contributed by atoms with Crippen molar-refractivity contribution in [3.8, 4) is 11.5 Å². The Kier molecular flexibility index (Phi) is 12.1. The first kappa shape index (κ1) is 38.2. The van der Waals surface area contributed by atoms with Crippen LogP contribution in [0.25, 0.3) is 0 Å². The van der Waals surface area contributed by atoms with Gasteiger partial charge in [0.2, 0.25) is 5.91 Å². The van der Waals surface area contributed by atoms with Gasteiger partial charge in [0.15, 0.2) is 11.4 Å². The SMILES string of the molecule is CCC1=CC1C(CC)c1ccc(C(OC(=O)CNC(=O)[C@@H](N)Cc2nnnn2Cc2ccc(OC)cc2OC)(c2ccccc2)c2ccccc2Cl)cc1. The zero-order valence-corrected chi connectivity index (χ0v) is 31.6. The van der Waals surface area contributed by atoms with E-state index in [1.54, 1.807) is 31.0 Å². The number of hydrogen-bond donors (Lipinski definition) is 2. The molecule has 54 heavy (non-hydrogen) atoms. The van der Waals surface area contributed by atoms with Gasteiger partial charge in [-0.15, -0.1) is 5.10 Å². The van der Waals surface area contributed by atoms with Crippen LogP contribution in [0.1, 0.15) is 66.2 Å². The molecule has 11 nitrogen and oxygen atoms in total. The van der Waals surface area contributed by atoms with Gasteiger partial charge in [0.1, 0.15) is 18.0 Å². The Bertz CT molecular complexity index is 2100. The molecule has 1 aromatic heterocycles. The van der Waals surface area contributed by atoms with Crippen LogP contribution in [0.2, 0.25) is 5.02 Å². The minimum atomic E-state index is -1.43. The number of ether oxygens (including phenoxy) is 3. The third kappa shape index (κ3) is 8.17. The van der Waals surface area contributed by atoms with Gasteiger partial charge in [-0.25, -0.2) is 4.68 Å². The normalized spacial score (nSPS) is 15.7. The Morgan fingerprint density at radius 3 is 2.33 bits per heavy atom. The third-order valence-electron chi connectivity index (χ3n) is 10.0. The van der Waals surface area contributed by atoms with E-state index in [2.05, 4.69) is 52.9 Å². The molecule has 0 fully saturated rings. The number of hydrogen-bond acceptors (Lipinski definition) is 9. The van der Waals surface area contributed by atoms with Crippen LogP contribution in [0.3, 0.4) is 0 Å². The van der Waals surface area contributed by atoms with Gasteiger partial charge >= 0.3 is 5.97 Å². The fraction of sp³-hybridized carbons (Fsp3) is 0.310. The van der Waals surface area contributed by atoms with Gasteiger partial charge in [0.05, 0.1) is 26.8 Å². The molecule has 0 aliphatic heterocycles. The summed E-state index contributed by atoms with van der Waals surface area (Å²) in [6, 6.07) is 29.4. The van der Waals surface area contributed by atoms with E-state index >= 15 is 0 Å². The minimum Gasteiger partial charge on any atom is -0.497 e. The number of aromatic nitrogens is 4. The van der Waals surface area contributed by atoms with E-state index < -0.39 is 30.1 Å². The van der Waals surface area contributed by atoms with Crippen LogP contribution in [-0.2, 0) is 32.9 Å². The molecular weight excluding hydrogens is 704 g/mol. The van der Waals surface area contributed by atoms with E-state index in [0.717, 1.165) is 24.0 Å². The van der Waals surface area contributed by atoms with Gasteiger partial charge < -0.3 is 25.3 Å². The lowest BCUT2D eigenvalue weighted by Gasteiger charge is -2.36. The van der Waals surface area contributed by atoms with Crippen LogP contribution in [0.4, 0.5) is 0 Å². The van der Waals surface area contributed by atoms with E-state index in [1.807, 2.05) is 72.8 Å². The Hall–Kier alpha value is -5.52. The van der Waals surface area contributed by atoms with Crippen molar-refractivity contribution >= 4 is 23.5 Å². The van der Waals surface area contributed by atoms with Crippen molar-refractivity contribution in [1.29, 1.82) is 0 Å². The Morgan fingerprint density at radius 1 is 0.944 bits per heavy atom. The highest BCUT2D eigenvalue weighted by molar-refractivity contribution is 6.31. The quantitative estimate of drug-likeness (QED) is 0.0630. The fourth-order valence-corrected chi connectivity index (χ4v) is 7.33. The number of esters is 1. The average Bonchev–Trinajstić information content (AvgIpc) is 3.86. The van der Waals surface area contributed by atoms with Gasteiger partial charge in [0.25, 0.3) is 0 Å². The molecule has 4 aromatic carbocycles. The zero-order chi connectivity index (χ0) is 38.2. The van der Waals surface area contributed by atoms with Crippen LogP contribution in [0.15, 0.2) is 109 Å². The number of nitrogens with zero attached hydrogens (tertiary/aromatic N) is 4. The molecule has 1 aliphatic carbocycles. The summed E-state index contributed by atoms with van der Waals surface area (Å²) in [5.74, 6) is 1.23. The lowest BCUT2D eigenvalue weighted by Crippen LogP contribution is -2.46. The molecule has 0 bridgehead atoms. The number of rotatable bonds is 17. The summed E-state index contributed by atoms with van der Waals surface area (Å²) in [5.41, 5.74) is 10.4. The van der Waals surface area contributed by atoms with Crippen molar-refractivity contribution in [2.75, 3.05) is 20.8 Å². The zero-order valence-electron chi connectivity index (χ0n) is 30.9. The Morgan fingerprint density at radius 2 is 1.67 bits per heavy atom. The second kappa shape index (κ2) is 17.1. The van der Waals surface area contributed by atoms with Crippen LogP contribution in [0, 0.1) is 5.92 Å². The van der Waals surface area contributed by atoms with Crippen LogP contribution in [0.5, 0.6) is 11.5 Å². The predicted molar refractivity (Wildman–Crippen MR) is 206 cm³/mol. The molecule has 4 atom stereocenters. The van der Waals surface area contributed by atoms with Crippen molar-refractivity contribution in [1.82, 2.24) is 25.5 Å². The van der Waals surface area contributed by atoms with E-state index in [9.17, 15) is 9.59 Å². The monoisotopic (exact) mass is 748 g/mol. The van der Waals surface area contributed by atoms with Gasteiger partial charge in [-0.1, -0.05) is 110 Å². The molecule has 1 aliphatic rings. The lowest BCUT2D eigenvalue weighted by molar-refractivity contribution is -0.153. The van der Waals surface area contributed by atoms with E-state index in [1.165, 1.54) is 11.1 Å². The van der Waals surface area contributed by atoms with Crippen molar-refractivity contribution in [3.05, 3.63) is 147 Å². The first-order valence-corrected chi connectivity index (χ1v) is 18.4. The first-order valence-electron chi connectivity index (χ1n) is 18.0. The molecule has 3 unspecified atom stereocenters. The summed E-state index contributed by atoms with van der Waals surface area (Å²) in [7, 11) is 3.14. The van der Waals surface area contributed by atoms with Gasteiger partial charge in [-0.2, -0.15) is 0 Å². The second-order valence-corrected chi connectivity index (χ2v) is 13.6. The number of amides is 1. The van der Waals surface area contributed by atoms with Crippen molar-refractivity contribution in [2.45, 2.75) is 57.2 Å². The van der Waals surface area contributed by atoms with Gasteiger partial charge in [-0.05, 0) is 52.9 Å². The molecule has 0 spiro atoms. The number of tetrazole rings is 1. The molecule has 5 aromatic rings. The molecule has 1 heterocycles. The molecule has 12 heteroatoms. The summed E-state index contributed by atoms with van der Waals surface area (Å²) in [4.78, 5) is 27.2. The fourth-order valence-electron chi connectivity index (χ4n) is 7.07. The highest BCUT2D eigenvalue weighted by Gasteiger charge is 2.42. The molecule has 0 saturated heterocycles. The molecule has 3 N–H and O–H groups in total. The maximum atomic E-state index is 13.9. The summed E-state index contributed by atoms with van der Waals surface area (Å²) >= 11 is 6.89. The molecule has 6 rings (SSSR count). The Balaban J connectivity index is 1.21. The molecule has 0 radical (unpaired) electrons.